The second-order valence-corrected chi connectivity index (χ2v) is 11.1. The highest BCUT2D eigenvalue weighted by atomic mass is 16.5. The Bertz CT molecular complexity index is 1170. The van der Waals surface area contributed by atoms with Gasteiger partial charge in [0.25, 0.3) is 0 Å². The SMILES string of the molecule is COc1nc(-c2ccc(OC3CC(C)(C)NC(C)(C)C3)nn2)ccc1-c1cnn(C2CCCCO2)c1. The van der Waals surface area contributed by atoms with E-state index in [9.17, 15) is 0 Å². The standard InChI is InChI=1S/C27H36N6O3/c1-26(2)14-19(15-27(3,4)32-26)36-23-12-11-22(30-31-23)21-10-9-20(25(29-21)34-5)18-16-28-33(17-18)24-8-6-7-13-35-24/h9-12,16-17,19,24,32H,6-8,13-15H2,1-5H3. The number of nitrogens with one attached hydrogen (secondary N) is 1. The van der Waals surface area contributed by atoms with Crippen LogP contribution in [0, 0.1) is 0 Å². The molecule has 0 spiro atoms. The first kappa shape index (κ1) is 24.6. The molecule has 2 aliphatic rings. The van der Waals surface area contributed by atoms with E-state index in [-0.39, 0.29) is 23.4 Å². The van der Waals surface area contributed by atoms with E-state index in [0.29, 0.717) is 23.1 Å². The van der Waals surface area contributed by atoms with E-state index >= 15 is 0 Å². The lowest BCUT2D eigenvalue weighted by molar-refractivity contribution is -0.0394. The Morgan fingerprint density at radius 1 is 1.00 bits per heavy atom. The lowest BCUT2D eigenvalue weighted by Gasteiger charge is -2.46. The van der Waals surface area contributed by atoms with E-state index < -0.39 is 0 Å². The molecular formula is C27H36N6O3. The van der Waals surface area contributed by atoms with E-state index in [1.54, 1.807) is 7.11 Å². The number of rotatable bonds is 6. The lowest BCUT2D eigenvalue weighted by Crippen LogP contribution is -2.60. The van der Waals surface area contributed by atoms with Gasteiger partial charge >= 0.3 is 0 Å². The number of piperidine rings is 1. The number of methoxy groups -OCH3 is 1. The molecule has 3 aromatic rings. The van der Waals surface area contributed by atoms with E-state index in [4.69, 9.17) is 19.2 Å². The zero-order chi connectivity index (χ0) is 25.3. The molecule has 5 heterocycles. The van der Waals surface area contributed by atoms with Crippen LogP contribution in [0.25, 0.3) is 22.5 Å². The normalized spacial score (nSPS) is 21.8. The van der Waals surface area contributed by atoms with Crippen LogP contribution >= 0.6 is 0 Å². The van der Waals surface area contributed by atoms with Crippen LogP contribution in [-0.4, -0.2) is 55.9 Å². The third-order valence-corrected chi connectivity index (χ3v) is 6.76. The minimum absolute atomic E-state index is 0.00192. The van der Waals surface area contributed by atoms with Crippen LogP contribution < -0.4 is 14.8 Å². The zero-order valence-corrected chi connectivity index (χ0v) is 21.8. The molecule has 2 aliphatic heterocycles. The molecule has 36 heavy (non-hydrogen) atoms. The van der Waals surface area contributed by atoms with Gasteiger partial charge in [-0.1, -0.05) is 0 Å². The lowest BCUT2D eigenvalue weighted by atomic mass is 9.81. The fraction of sp³-hybridized carbons (Fsp3) is 0.556. The Morgan fingerprint density at radius 2 is 1.78 bits per heavy atom. The van der Waals surface area contributed by atoms with Gasteiger partial charge in [-0.25, -0.2) is 9.67 Å². The molecule has 2 fully saturated rings. The molecule has 9 heteroatoms. The van der Waals surface area contributed by atoms with Crippen LogP contribution in [0.4, 0.5) is 0 Å². The number of pyridine rings is 1. The van der Waals surface area contributed by atoms with Crippen molar-refractivity contribution in [3.8, 4) is 34.3 Å². The Balaban J connectivity index is 1.31. The van der Waals surface area contributed by atoms with Gasteiger partial charge < -0.3 is 19.5 Å². The summed E-state index contributed by atoms with van der Waals surface area (Å²) in [5.74, 6) is 1.04. The molecule has 3 aromatic heterocycles. The summed E-state index contributed by atoms with van der Waals surface area (Å²) in [6, 6.07) is 7.66. The van der Waals surface area contributed by atoms with E-state index in [1.807, 2.05) is 41.3 Å². The topological polar surface area (TPSA) is 96.2 Å². The molecule has 9 nitrogen and oxygen atoms in total. The number of nitrogens with zero attached hydrogens (tertiary/aromatic N) is 5. The smallest absolute Gasteiger partial charge is 0.233 e. The largest absolute Gasteiger partial charge is 0.481 e. The number of hydrogen-bond donors (Lipinski definition) is 1. The van der Waals surface area contributed by atoms with Crippen molar-refractivity contribution in [1.29, 1.82) is 0 Å². The second kappa shape index (κ2) is 9.78. The summed E-state index contributed by atoms with van der Waals surface area (Å²) >= 11 is 0. The summed E-state index contributed by atoms with van der Waals surface area (Å²) in [5, 5.41) is 16.9. The summed E-state index contributed by atoms with van der Waals surface area (Å²) in [5.41, 5.74) is 3.14. The zero-order valence-electron chi connectivity index (χ0n) is 21.8. The maximum absolute atomic E-state index is 6.21. The van der Waals surface area contributed by atoms with E-state index in [1.165, 1.54) is 0 Å². The molecule has 2 saturated heterocycles. The van der Waals surface area contributed by atoms with E-state index in [2.05, 4.69) is 48.3 Å². The molecule has 0 amide bonds. The Morgan fingerprint density at radius 3 is 2.44 bits per heavy atom. The minimum atomic E-state index is -0.0104. The highest BCUT2D eigenvalue weighted by Gasteiger charge is 2.38. The quantitative estimate of drug-likeness (QED) is 0.524. The maximum atomic E-state index is 6.21. The average molecular weight is 493 g/mol. The van der Waals surface area contributed by atoms with Crippen LogP contribution in [0.15, 0.2) is 36.7 Å². The van der Waals surface area contributed by atoms with Crippen molar-refractivity contribution >= 4 is 0 Å². The van der Waals surface area contributed by atoms with Gasteiger partial charge in [0.1, 0.15) is 18.0 Å². The van der Waals surface area contributed by atoms with Gasteiger partial charge in [-0.3, -0.25) is 0 Å². The van der Waals surface area contributed by atoms with Crippen LogP contribution in [0.2, 0.25) is 0 Å². The summed E-state index contributed by atoms with van der Waals surface area (Å²) in [6.45, 7) is 9.60. The van der Waals surface area contributed by atoms with Gasteiger partial charge in [-0.2, -0.15) is 5.10 Å². The van der Waals surface area contributed by atoms with Crippen molar-refractivity contribution in [1.82, 2.24) is 30.3 Å². The minimum Gasteiger partial charge on any atom is -0.481 e. The van der Waals surface area contributed by atoms with Gasteiger partial charge in [0.2, 0.25) is 11.8 Å². The number of ether oxygens (including phenoxy) is 3. The summed E-state index contributed by atoms with van der Waals surface area (Å²) in [7, 11) is 1.62. The molecule has 0 bridgehead atoms. The summed E-state index contributed by atoms with van der Waals surface area (Å²) < 4.78 is 19.6. The molecule has 192 valence electrons. The van der Waals surface area contributed by atoms with Crippen LogP contribution in [0.5, 0.6) is 11.8 Å². The van der Waals surface area contributed by atoms with Gasteiger partial charge in [0.05, 0.1) is 19.0 Å². The molecule has 0 saturated carbocycles. The number of hydrogen-bond acceptors (Lipinski definition) is 8. The fourth-order valence-corrected chi connectivity index (χ4v) is 5.53. The third-order valence-electron chi connectivity index (χ3n) is 6.76. The van der Waals surface area contributed by atoms with Gasteiger partial charge in [0.15, 0.2) is 0 Å². The monoisotopic (exact) mass is 492 g/mol. The van der Waals surface area contributed by atoms with Gasteiger partial charge in [-0.05, 0) is 65.2 Å². The average Bonchev–Trinajstić information content (AvgIpc) is 3.33. The first-order chi connectivity index (χ1) is 17.2. The summed E-state index contributed by atoms with van der Waals surface area (Å²) in [6.07, 6.45) is 8.93. The van der Waals surface area contributed by atoms with Crippen molar-refractivity contribution < 1.29 is 14.2 Å². The van der Waals surface area contributed by atoms with Crippen LogP contribution in [-0.2, 0) is 4.74 Å². The van der Waals surface area contributed by atoms with E-state index in [0.717, 1.165) is 49.8 Å². The predicted molar refractivity (Wildman–Crippen MR) is 137 cm³/mol. The van der Waals surface area contributed by atoms with Crippen LogP contribution in [0.3, 0.4) is 0 Å². The Hall–Kier alpha value is -3.04. The predicted octanol–water partition coefficient (Wildman–Crippen LogP) is 4.80. The molecule has 0 aliphatic carbocycles. The number of aromatic nitrogens is 5. The Kier molecular flexibility index (Phi) is 6.70. The molecule has 1 N–H and O–H groups in total. The molecule has 1 atom stereocenters. The molecule has 0 radical (unpaired) electrons. The fourth-order valence-electron chi connectivity index (χ4n) is 5.53. The van der Waals surface area contributed by atoms with Crippen molar-refractivity contribution in [2.75, 3.05) is 13.7 Å². The molecular weight excluding hydrogens is 456 g/mol. The second-order valence-electron chi connectivity index (χ2n) is 11.1. The molecule has 0 aromatic carbocycles. The molecule has 5 rings (SSSR count). The summed E-state index contributed by atoms with van der Waals surface area (Å²) in [4.78, 5) is 4.70. The van der Waals surface area contributed by atoms with Crippen molar-refractivity contribution in [2.45, 2.75) is 83.2 Å². The van der Waals surface area contributed by atoms with Crippen LogP contribution in [0.1, 0.15) is 66.0 Å². The van der Waals surface area contributed by atoms with Gasteiger partial charge in [0, 0.05) is 53.9 Å². The Labute approximate surface area is 212 Å². The van der Waals surface area contributed by atoms with Crippen molar-refractivity contribution in [2.24, 2.45) is 0 Å². The van der Waals surface area contributed by atoms with Crippen molar-refractivity contribution in [3.05, 3.63) is 36.7 Å². The molecule has 1 unspecified atom stereocenters. The first-order valence-electron chi connectivity index (χ1n) is 12.7. The third kappa shape index (κ3) is 5.52. The van der Waals surface area contributed by atoms with Crippen molar-refractivity contribution in [3.63, 3.8) is 0 Å². The maximum Gasteiger partial charge on any atom is 0.233 e. The first-order valence-corrected chi connectivity index (χ1v) is 12.7. The van der Waals surface area contributed by atoms with Gasteiger partial charge in [-0.15, -0.1) is 10.2 Å². The highest BCUT2D eigenvalue weighted by molar-refractivity contribution is 5.70. The highest BCUT2D eigenvalue weighted by Crippen LogP contribution is 2.33.